The van der Waals surface area contributed by atoms with Gasteiger partial charge in [0.15, 0.2) is 0 Å². The van der Waals surface area contributed by atoms with Crippen molar-refractivity contribution >= 4 is 22.6 Å². The van der Waals surface area contributed by atoms with E-state index in [-0.39, 0.29) is 11.6 Å². The lowest BCUT2D eigenvalue weighted by Crippen LogP contribution is -2.31. The molecule has 6 nitrogen and oxygen atoms in total. The second kappa shape index (κ2) is 7.61. The van der Waals surface area contributed by atoms with Gasteiger partial charge in [0.1, 0.15) is 5.82 Å². The molecule has 1 heterocycles. The molecule has 1 N–H and O–H groups in total. The monoisotopic (exact) mass is 365 g/mol. The number of carbonyl (C=O) groups excluding carboxylic acids is 1. The van der Waals surface area contributed by atoms with Crippen molar-refractivity contribution in [1.82, 2.24) is 9.97 Å². The smallest absolute Gasteiger partial charge is 0.337 e. The van der Waals surface area contributed by atoms with Gasteiger partial charge < -0.3 is 14.6 Å². The predicted octanol–water partition coefficient (Wildman–Crippen LogP) is 3.43. The minimum Gasteiger partial charge on any atom is -0.465 e. The van der Waals surface area contributed by atoms with Gasteiger partial charge in [-0.05, 0) is 51.1 Å². The van der Waals surface area contributed by atoms with Gasteiger partial charge in [-0.1, -0.05) is 17.7 Å². The third-order valence-corrected chi connectivity index (χ3v) is 4.49. The Bertz CT molecular complexity index is 1020. The van der Waals surface area contributed by atoms with E-state index in [2.05, 4.69) is 53.0 Å². The highest BCUT2D eigenvalue weighted by Crippen LogP contribution is 2.20. The maximum Gasteiger partial charge on any atom is 0.337 e. The summed E-state index contributed by atoms with van der Waals surface area (Å²) in [6, 6.07) is 13.2. The number of methoxy groups -OCH3 is 1. The molecule has 3 aromatic rings. The molecule has 3 rings (SSSR count). The summed E-state index contributed by atoms with van der Waals surface area (Å²) in [4.78, 5) is 33.8. The highest BCUT2D eigenvalue weighted by atomic mass is 16.5. The Morgan fingerprint density at radius 3 is 2.52 bits per heavy atom. The van der Waals surface area contributed by atoms with Gasteiger partial charge in [-0.25, -0.2) is 9.78 Å². The number of esters is 1. The quantitative estimate of drug-likeness (QED) is 0.701. The van der Waals surface area contributed by atoms with E-state index >= 15 is 0 Å². The van der Waals surface area contributed by atoms with E-state index in [1.807, 2.05) is 6.92 Å². The molecular formula is C21H23N3O3. The molecule has 0 aliphatic carbocycles. The summed E-state index contributed by atoms with van der Waals surface area (Å²) < 4.78 is 4.75. The topological polar surface area (TPSA) is 75.3 Å². The number of ether oxygens (including phenoxy) is 1. The molecule has 0 atom stereocenters. The van der Waals surface area contributed by atoms with Crippen LogP contribution >= 0.6 is 0 Å². The van der Waals surface area contributed by atoms with Crippen LogP contribution in [0.15, 0.2) is 47.3 Å². The zero-order chi connectivity index (χ0) is 19.6. The number of hydrogen-bond donors (Lipinski definition) is 1. The van der Waals surface area contributed by atoms with Crippen molar-refractivity contribution in [3.8, 4) is 0 Å². The zero-order valence-electron chi connectivity index (χ0n) is 15.9. The summed E-state index contributed by atoms with van der Waals surface area (Å²) in [7, 11) is 1.32. The largest absolute Gasteiger partial charge is 0.465 e. The average molecular weight is 365 g/mol. The Balaban J connectivity index is 2.00. The van der Waals surface area contributed by atoms with Crippen molar-refractivity contribution in [2.75, 3.05) is 12.0 Å². The summed E-state index contributed by atoms with van der Waals surface area (Å²) >= 11 is 0. The molecule has 0 bridgehead atoms. The zero-order valence-corrected chi connectivity index (χ0v) is 15.9. The molecule has 0 radical (unpaired) electrons. The molecule has 0 aliphatic heterocycles. The van der Waals surface area contributed by atoms with Gasteiger partial charge in [0.05, 0.1) is 30.1 Å². The number of aromatic nitrogens is 2. The van der Waals surface area contributed by atoms with Crippen LogP contribution in [-0.4, -0.2) is 29.1 Å². The van der Waals surface area contributed by atoms with Gasteiger partial charge in [0.2, 0.25) is 0 Å². The summed E-state index contributed by atoms with van der Waals surface area (Å²) in [5.74, 6) is 0.0905. The molecule has 0 aliphatic rings. The van der Waals surface area contributed by atoms with Crippen molar-refractivity contribution in [3.63, 3.8) is 0 Å². The number of rotatable bonds is 5. The number of aromatic amines is 1. The van der Waals surface area contributed by atoms with E-state index in [1.165, 1.54) is 12.7 Å². The molecule has 0 amide bonds. The van der Waals surface area contributed by atoms with E-state index < -0.39 is 5.97 Å². The standard InChI is InChI=1S/C21H23N3O3/c1-13(2)24(16-8-5-14(3)6-9-16)12-19-22-18-11-15(21(26)27-4)7-10-17(18)20(25)23-19/h5-11,13H,12H2,1-4H3,(H,22,23,25). The summed E-state index contributed by atoms with van der Waals surface area (Å²) in [6.45, 7) is 6.68. The van der Waals surface area contributed by atoms with Crippen molar-refractivity contribution < 1.29 is 9.53 Å². The second-order valence-corrected chi connectivity index (χ2v) is 6.79. The van der Waals surface area contributed by atoms with Crippen LogP contribution in [0.25, 0.3) is 10.9 Å². The number of aryl methyl sites for hydroxylation is 1. The van der Waals surface area contributed by atoms with E-state index in [1.54, 1.807) is 18.2 Å². The van der Waals surface area contributed by atoms with Crippen LogP contribution in [0.1, 0.15) is 35.6 Å². The summed E-state index contributed by atoms with van der Waals surface area (Å²) in [6.07, 6.45) is 0. The van der Waals surface area contributed by atoms with Gasteiger partial charge in [0.25, 0.3) is 5.56 Å². The van der Waals surface area contributed by atoms with Gasteiger partial charge in [-0.2, -0.15) is 0 Å². The number of benzene rings is 2. The molecule has 27 heavy (non-hydrogen) atoms. The predicted molar refractivity (Wildman–Crippen MR) is 106 cm³/mol. The number of hydrogen-bond acceptors (Lipinski definition) is 5. The molecular weight excluding hydrogens is 342 g/mol. The first-order valence-electron chi connectivity index (χ1n) is 8.83. The number of nitrogens with one attached hydrogen (secondary N) is 1. The SMILES string of the molecule is COC(=O)c1ccc2c(=O)[nH]c(CN(c3ccc(C)cc3)C(C)C)nc2c1. The van der Waals surface area contributed by atoms with Gasteiger partial charge in [-0.3, -0.25) is 4.79 Å². The number of H-pyrrole nitrogens is 1. The Morgan fingerprint density at radius 1 is 1.19 bits per heavy atom. The average Bonchev–Trinajstić information content (AvgIpc) is 2.65. The summed E-state index contributed by atoms with van der Waals surface area (Å²) in [5.41, 5.74) is 2.87. The Morgan fingerprint density at radius 2 is 1.89 bits per heavy atom. The maximum absolute atomic E-state index is 12.5. The molecule has 6 heteroatoms. The van der Waals surface area contributed by atoms with Crippen molar-refractivity contribution in [2.24, 2.45) is 0 Å². The maximum atomic E-state index is 12.5. The second-order valence-electron chi connectivity index (χ2n) is 6.79. The van der Waals surface area contributed by atoms with Gasteiger partial charge in [-0.15, -0.1) is 0 Å². The van der Waals surface area contributed by atoms with Crippen molar-refractivity contribution in [1.29, 1.82) is 0 Å². The van der Waals surface area contributed by atoms with E-state index in [0.29, 0.717) is 28.8 Å². The van der Waals surface area contributed by atoms with Crippen molar-refractivity contribution in [3.05, 3.63) is 69.8 Å². The molecule has 0 saturated heterocycles. The minimum atomic E-state index is -0.455. The molecule has 140 valence electrons. The van der Waals surface area contributed by atoms with Crippen LogP contribution < -0.4 is 10.5 Å². The van der Waals surface area contributed by atoms with E-state index in [9.17, 15) is 9.59 Å². The van der Waals surface area contributed by atoms with Gasteiger partial charge in [0, 0.05) is 11.7 Å². The first-order chi connectivity index (χ1) is 12.9. The normalized spacial score (nSPS) is 11.0. The fourth-order valence-corrected chi connectivity index (χ4v) is 2.98. The van der Waals surface area contributed by atoms with E-state index in [0.717, 1.165) is 5.69 Å². The lowest BCUT2D eigenvalue weighted by Gasteiger charge is -2.28. The first kappa shape index (κ1) is 18.6. The minimum absolute atomic E-state index is 0.218. The highest BCUT2D eigenvalue weighted by molar-refractivity contribution is 5.93. The Hall–Kier alpha value is -3.15. The van der Waals surface area contributed by atoms with Crippen LogP contribution in [0.3, 0.4) is 0 Å². The fraction of sp³-hybridized carbons (Fsp3) is 0.286. The first-order valence-corrected chi connectivity index (χ1v) is 8.83. The number of nitrogens with zero attached hydrogens (tertiary/aromatic N) is 2. The molecule has 0 spiro atoms. The third-order valence-electron chi connectivity index (χ3n) is 4.49. The van der Waals surface area contributed by atoms with Crippen molar-refractivity contribution in [2.45, 2.75) is 33.4 Å². The summed E-state index contributed by atoms with van der Waals surface area (Å²) in [5, 5.41) is 0.442. The number of fused-ring (bicyclic) bond motifs is 1. The van der Waals surface area contributed by atoms with E-state index in [4.69, 9.17) is 4.74 Å². The fourth-order valence-electron chi connectivity index (χ4n) is 2.98. The molecule has 1 aromatic heterocycles. The number of anilines is 1. The lowest BCUT2D eigenvalue weighted by atomic mass is 10.1. The third kappa shape index (κ3) is 4.00. The molecule has 0 fully saturated rings. The number of carbonyl (C=O) groups is 1. The van der Waals surface area contributed by atoms with Crippen LogP contribution in [0.4, 0.5) is 5.69 Å². The Labute approximate surface area is 157 Å². The van der Waals surface area contributed by atoms with Crippen LogP contribution in [0, 0.1) is 6.92 Å². The van der Waals surface area contributed by atoms with Gasteiger partial charge >= 0.3 is 5.97 Å². The molecule has 0 unspecified atom stereocenters. The highest BCUT2D eigenvalue weighted by Gasteiger charge is 2.15. The molecule has 2 aromatic carbocycles. The van der Waals surface area contributed by atoms with Crippen LogP contribution in [-0.2, 0) is 11.3 Å². The van der Waals surface area contributed by atoms with Crippen LogP contribution in [0.5, 0.6) is 0 Å². The lowest BCUT2D eigenvalue weighted by molar-refractivity contribution is 0.0601. The Kier molecular flexibility index (Phi) is 5.26. The van der Waals surface area contributed by atoms with Crippen LogP contribution in [0.2, 0.25) is 0 Å². The molecule has 0 saturated carbocycles.